The number of nitrogens with zero attached hydrogens (tertiary/aromatic N) is 2. The van der Waals surface area contributed by atoms with E-state index in [1.165, 1.54) is 17.0 Å². The maximum atomic E-state index is 13.4. The van der Waals surface area contributed by atoms with Crippen molar-refractivity contribution in [2.45, 2.75) is 6.42 Å². The molecule has 0 saturated carbocycles. The molecule has 2 aliphatic heterocycles. The summed E-state index contributed by atoms with van der Waals surface area (Å²) >= 11 is 19.1. The van der Waals surface area contributed by atoms with Gasteiger partial charge in [0.15, 0.2) is 0 Å². The summed E-state index contributed by atoms with van der Waals surface area (Å²) in [6, 6.07) is 17.1. The maximum Gasteiger partial charge on any atom is 0.335 e. The number of carbonyl (C=O) groups excluding carboxylic acids is 2. The second kappa shape index (κ2) is 15.2. The summed E-state index contributed by atoms with van der Waals surface area (Å²) in [5.41, 5.74) is 2.82. The summed E-state index contributed by atoms with van der Waals surface area (Å²) in [4.78, 5) is 41.3. The van der Waals surface area contributed by atoms with Crippen molar-refractivity contribution in [1.29, 1.82) is 0 Å². The molecule has 0 atom stereocenters. The monoisotopic (exact) mass is 685 g/mol. The lowest BCUT2D eigenvalue weighted by atomic mass is 10.0. The molecule has 2 heterocycles. The number of morpholine rings is 1. The molecule has 2 saturated heterocycles. The van der Waals surface area contributed by atoms with E-state index in [0.717, 1.165) is 42.5 Å². The molecule has 2 N–H and O–H groups in total. The van der Waals surface area contributed by atoms with Crippen LogP contribution in [0.25, 0.3) is 17.2 Å². The van der Waals surface area contributed by atoms with Crippen LogP contribution in [0, 0.1) is 0 Å². The van der Waals surface area contributed by atoms with E-state index in [-0.39, 0.29) is 30.3 Å². The Balaban J connectivity index is 1.31. The molecule has 0 spiro atoms. The molecule has 2 amide bonds. The van der Waals surface area contributed by atoms with Gasteiger partial charge in [0.25, 0.3) is 5.91 Å². The van der Waals surface area contributed by atoms with E-state index in [4.69, 9.17) is 44.9 Å². The van der Waals surface area contributed by atoms with Gasteiger partial charge in [0.05, 0.1) is 33.7 Å². The third-order valence-corrected chi connectivity index (χ3v) is 9.26. The number of halogens is 2. The lowest BCUT2D eigenvalue weighted by Crippen LogP contribution is -2.38. The van der Waals surface area contributed by atoms with Crippen molar-refractivity contribution in [3.8, 4) is 16.9 Å². The van der Waals surface area contributed by atoms with Gasteiger partial charge in [0, 0.05) is 43.9 Å². The molecule has 45 heavy (non-hydrogen) atoms. The van der Waals surface area contributed by atoms with Crippen LogP contribution in [0.3, 0.4) is 0 Å². The van der Waals surface area contributed by atoms with Gasteiger partial charge in [-0.05, 0) is 59.7 Å². The average molecular weight is 687 g/mol. The SMILES string of the molecule is O=C(CCN1C(=O)C(=Cc2cc(-c3ccc(Cl)c(Cl)c3)ccc2OCCN2CCOCC2)SC1=S)Nc1cccc(C(=O)O)c1. The molecule has 234 valence electrons. The summed E-state index contributed by atoms with van der Waals surface area (Å²) in [6.07, 6.45) is 1.72. The zero-order valence-corrected chi connectivity index (χ0v) is 27.1. The lowest BCUT2D eigenvalue weighted by Gasteiger charge is -2.26. The molecule has 0 radical (unpaired) electrons. The summed E-state index contributed by atoms with van der Waals surface area (Å²) < 4.78 is 12.0. The Bertz CT molecular complexity index is 1660. The summed E-state index contributed by atoms with van der Waals surface area (Å²) in [5.74, 6) is -1.17. The molecular formula is C32H29Cl2N3O6S2. The summed E-state index contributed by atoms with van der Waals surface area (Å²) in [7, 11) is 0. The van der Waals surface area contributed by atoms with Gasteiger partial charge in [-0.15, -0.1) is 0 Å². The van der Waals surface area contributed by atoms with Crippen molar-refractivity contribution in [3.63, 3.8) is 0 Å². The number of aromatic carboxylic acids is 1. The van der Waals surface area contributed by atoms with Crippen LogP contribution in [0.1, 0.15) is 22.3 Å². The van der Waals surface area contributed by atoms with Gasteiger partial charge >= 0.3 is 5.97 Å². The first-order valence-corrected chi connectivity index (χ1v) is 16.1. The van der Waals surface area contributed by atoms with E-state index in [1.54, 1.807) is 30.3 Å². The van der Waals surface area contributed by atoms with E-state index < -0.39 is 5.97 Å². The van der Waals surface area contributed by atoms with Crippen LogP contribution in [0.15, 0.2) is 65.6 Å². The minimum absolute atomic E-state index is 0.0280. The first-order chi connectivity index (χ1) is 21.7. The highest BCUT2D eigenvalue weighted by Gasteiger charge is 2.32. The van der Waals surface area contributed by atoms with E-state index in [2.05, 4.69) is 10.2 Å². The quantitative estimate of drug-likeness (QED) is 0.178. The molecule has 5 rings (SSSR count). The molecule has 0 bridgehead atoms. The van der Waals surface area contributed by atoms with Gasteiger partial charge in [-0.2, -0.15) is 0 Å². The Morgan fingerprint density at radius 3 is 2.53 bits per heavy atom. The number of anilines is 1. The number of nitrogens with one attached hydrogen (secondary N) is 1. The third-order valence-electron chi connectivity index (χ3n) is 7.15. The molecule has 2 fully saturated rings. The third kappa shape index (κ3) is 8.63. The van der Waals surface area contributed by atoms with Crippen molar-refractivity contribution in [2.75, 3.05) is 51.3 Å². The molecule has 3 aromatic rings. The second-order valence-electron chi connectivity index (χ2n) is 10.2. The van der Waals surface area contributed by atoms with Gasteiger partial charge < -0.3 is 19.9 Å². The predicted octanol–water partition coefficient (Wildman–Crippen LogP) is 6.30. The van der Waals surface area contributed by atoms with Crippen LogP contribution >= 0.6 is 47.2 Å². The molecule has 3 aromatic carbocycles. The highest BCUT2D eigenvalue weighted by molar-refractivity contribution is 8.26. The van der Waals surface area contributed by atoms with Crippen molar-refractivity contribution in [1.82, 2.24) is 9.80 Å². The Labute approximate surface area is 280 Å². The topological polar surface area (TPSA) is 108 Å². The average Bonchev–Trinajstić information content (AvgIpc) is 3.29. The number of thiocarbonyl (C=S) groups is 1. The molecule has 13 heteroatoms. The van der Waals surface area contributed by atoms with E-state index >= 15 is 0 Å². The van der Waals surface area contributed by atoms with Gasteiger partial charge in [-0.1, -0.05) is 65.4 Å². The summed E-state index contributed by atoms with van der Waals surface area (Å²) in [5, 5.41) is 12.7. The molecule has 2 aliphatic rings. The fourth-order valence-corrected chi connectivity index (χ4v) is 6.36. The Kier molecular flexibility index (Phi) is 11.1. The zero-order valence-electron chi connectivity index (χ0n) is 24.0. The lowest BCUT2D eigenvalue weighted by molar-refractivity contribution is -0.122. The van der Waals surface area contributed by atoms with E-state index in [0.29, 0.717) is 56.1 Å². The van der Waals surface area contributed by atoms with Crippen LogP contribution in [0.2, 0.25) is 10.0 Å². The van der Waals surface area contributed by atoms with Crippen molar-refractivity contribution in [2.24, 2.45) is 0 Å². The minimum atomic E-state index is -1.09. The van der Waals surface area contributed by atoms with E-state index in [9.17, 15) is 19.5 Å². The van der Waals surface area contributed by atoms with Gasteiger partial charge in [-0.3, -0.25) is 19.4 Å². The first kappa shape index (κ1) is 32.9. The summed E-state index contributed by atoms with van der Waals surface area (Å²) in [6.45, 7) is 4.36. The number of hydrogen-bond acceptors (Lipinski definition) is 8. The van der Waals surface area contributed by atoms with Gasteiger partial charge in [0.2, 0.25) is 5.91 Å². The standard InChI is InChI=1S/C32H29Cl2N3O6S2/c33-25-6-4-21(18-26(25)34)20-5-7-27(43-15-12-36-10-13-42-14-11-36)23(16-20)19-28-30(39)37(32(44)45-28)9-8-29(38)35-24-3-1-2-22(17-24)31(40)41/h1-7,16-19H,8-15H2,(H,35,38)(H,40,41). The number of benzene rings is 3. The normalized spacial score (nSPS) is 16.3. The Morgan fingerprint density at radius 1 is 1.02 bits per heavy atom. The van der Waals surface area contributed by atoms with E-state index in [1.807, 2.05) is 24.3 Å². The zero-order chi connectivity index (χ0) is 31.9. The number of hydrogen-bond donors (Lipinski definition) is 2. The fraction of sp³-hybridized carbons (Fsp3) is 0.250. The molecule has 0 unspecified atom stereocenters. The Morgan fingerprint density at radius 2 is 1.78 bits per heavy atom. The first-order valence-electron chi connectivity index (χ1n) is 14.1. The molecular weight excluding hydrogens is 657 g/mol. The van der Waals surface area contributed by atoms with Crippen molar-refractivity contribution in [3.05, 3.63) is 86.7 Å². The number of ether oxygens (including phenoxy) is 2. The van der Waals surface area contributed by atoms with Crippen molar-refractivity contribution < 1.29 is 29.0 Å². The maximum absolute atomic E-state index is 13.4. The number of carboxylic acids is 1. The van der Waals surface area contributed by atoms with Crippen molar-refractivity contribution >= 4 is 81.0 Å². The largest absolute Gasteiger partial charge is 0.492 e. The van der Waals surface area contributed by atoms with Gasteiger partial charge in [-0.25, -0.2) is 4.79 Å². The van der Waals surface area contributed by atoms with Crippen LogP contribution in [0.5, 0.6) is 5.75 Å². The smallest absolute Gasteiger partial charge is 0.335 e. The fourth-order valence-electron chi connectivity index (χ4n) is 4.76. The van der Waals surface area contributed by atoms with Crippen LogP contribution in [0.4, 0.5) is 5.69 Å². The number of amides is 2. The Hall–Kier alpha value is -3.45. The molecule has 0 aliphatic carbocycles. The van der Waals surface area contributed by atoms with Crippen LogP contribution in [-0.2, 0) is 14.3 Å². The number of carbonyl (C=O) groups is 3. The highest BCUT2D eigenvalue weighted by Crippen LogP contribution is 2.37. The number of thioether (sulfide) groups is 1. The highest BCUT2D eigenvalue weighted by atomic mass is 35.5. The number of rotatable bonds is 11. The van der Waals surface area contributed by atoms with Crippen LogP contribution in [-0.4, -0.2) is 83.0 Å². The van der Waals surface area contributed by atoms with Crippen LogP contribution < -0.4 is 10.1 Å². The van der Waals surface area contributed by atoms with Gasteiger partial charge in [0.1, 0.15) is 16.7 Å². The minimum Gasteiger partial charge on any atom is -0.492 e. The number of carboxylic acid groups (broad SMARTS) is 1. The second-order valence-corrected chi connectivity index (χ2v) is 12.7. The molecule has 0 aromatic heterocycles. The predicted molar refractivity (Wildman–Crippen MR) is 181 cm³/mol. The molecule has 9 nitrogen and oxygen atoms in total.